The molecule has 1 aliphatic rings. The van der Waals surface area contributed by atoms with Crippen molar-refractivity contribution in [1.29, 1.82) is 0 Å². The zero-order valence-electron chi connectivity index (χ0n) is 19.5. The van der Waals surface area contributed by atoms with Crippen molar-refractivity contribution in [2.24, 2.45) is 7.05 Å². The van der Waals surface area contributed by atoms with E-state index in [2.05, 4.69) is 43.5 Å². The summed E-state index contributed by atoms with van der Waals surface area (Å²) in [7, 11) is 4.02. The number of halogens is 1. The van der Waals surface area contributed by atoms with Crippen molar-refractivity contribution >= 4 is 50.4 Å². The molecule has 1 saturated heterocycles. The molecular formula is C25H26BrN7O2. The van der Waals surface area contributed by atoms with Crippen LogP contribution in [0.4, 0.5) is 22.2 Å². The second-order valence-corrected chi connectivity index (χ2v) is 9.39. The number of anilines is 3. The van der Waals surface area contributed by atoms with E-state index < -0.39 is 0 Å². The number of hydrogen-bond donors (Lipinski definition) is 2. The molecular weight excluding hydrogens is 510 g/mol. The summed E-state index contributed by atoms with van der Waals surface area (Å²) in [6.45, 7) is 3.11. The maximum Gasteiger partial charge on any atom is 0.323 e. The molecule has 2 N–H and O–H groups in total. The van der Waals surface area contributed by atoms with Crippen molar-refractivity contribution in [3.8, 4) is 11.5 Å². The summed E-state index contributed by atoms with van der Waals surface area (Å²) in [6, 6.07) is 17.0. The van der Waals surface area contributed by atoms with Gasteiger partial charge in [-0.3, -0.25) is 5.32 Å². The number of piperazine rings is 1. The Hall–Kier alpha value is -3.63. The Morgan fingerprint density at radius 1 is 0.971 bits per heavy atom. The standard InChI is InChI=1S/C25H26BrN7O2/c1-31-11-13-33(14-12-31)25(34)30-23-16-20(9-10-27-23)35-19-7-8-22-21(15-19)29-24(32(22)2)28-18-5-3-17(26)4-6-18/h3-10,15-16H,11-14H2,1-2H3,(H,28,29)(H,27,30,34). The fourth-order valence-electron chi connectivity index (χ4n) is 3.89. The molecule has 1 fully saturated rings. The maximum absolute atomic E-state index is 12.6. The van der Waals surface area contributed by atoms with Crippen LogP contribution in [0.2, 0.25) is 0 Å². The minimum Gasteiger partial charge on any atom is -0.457 e. The SMILES string of the molecule is CN1CCN(C(=O)Nc2cc(Oc3ccc4c(c3)nc(Nc3ccc(Br)cc3)n4C)ccn2)CC1. The first-order chi connectivity index (χ1) is 16.9. The summed E-state index contributed by atoms with van der Waals surface area (Å²) in [6.07, 6.45) is 1.62. The number of urea groups is 1. The highest BCUT2D eigenvalue weighted by Gasteiger charge is 2.19. The van der Waals surface area contributed by atoms with Crippen LogP contribution in [0, 0.1) is 0 Å². The van der Waals surface area contributed by atoms with Gasteiger partial charge in [0.05, 0.1) is 11.0 Å². The molecule has 10 heteroatoms. The predicted molar refractivity (Wildman–Crippen MR) is 141 cm³/mol. The van der Waals surface area contributed by atoms with Crippen LogP contribution in [0.25, 0.3) is 11.0 Å². The normalized spacial score (nSPS) is 14.2. The Morgan fingerprint density at radius 3 is 2.49 bits per heavy atom. The summed E-state index contributed by atoms with van der Waals surface area (Å²) < 4.78 is 9.08. The molecule has 3 heterocycles. The molecule has 0 unspecified atom stereocenters. The predicted octanol–water partition coefficient (Wildman–Crippen LogP) is 5.05. The number of benzene rings is 2. The number of pyridine rings is 1. The number of likely N-dealkylation sites (N-methyl/N-ethyl adjacent to an activating group) is 1. The molecule has 180 valence electrons. The first kappa shape index (κ1) is 23.1. The molecule has 2 aromatic carbocycles. The van der Waals surface area contributed by atoms with E-state index in [1.807, 2.05) is 54.1 Å². The lowest BCUT2D eigenvalue weighted by Gasteiger charge is -2.32. The first-order valence-corrected chi connectivity index (χ1v) is 12.1. The van der Waals surface area contributed by atoms with Gasteiger partial charge >= 0.3 is 6.03 Å². The number of nitrogens with one attached hydrogen (secondary N) is 2. The van der Waals surface area contributed by atoms with Crippen LogP contribution >= 0.6 is 15.9 Å². The van der Waals surface area contributed by atoms with E-state index in [-0.39, 0.29) is 6.03 Å². The second kappa shape index (κ2) is 9.93. The molecule has 9 nitrogen and oxygen atoms in total. The number of carbonyl (C=O) groups is 1. The van der Waals surface area contributed by atoms with Gasteiger partial charge in [0.25, 0.3) is 0 Å². The number of ether oxygens (including phenoxy) is 1. The van der Waals surface area contributed by atoms with Crippen molar-refractivity contribution < 1.29 is 9.53 Å². The molecule has 0 aliphatic carbocycles. The number of hydrogen-bond acceptors (Lipinski definition) is 6. The monoisotopic (exact) mass is 535 g/mol. The Morgan fingerprint density at radius 2 is 1.71 bits per heavy atom. The summed E-state index contributed by atoms with van der Waals surface area (Å²) in [5, 5.41) is 6.22. The van der Waals surface area contributed by atoms with Gasteiger partial charge in [-0.25, -0.2) is 14.8 Å². The van der Waals surface area contributed by atoms with Gasteiger partial charge in [0, 0.05) is 61.7 Å². The minimum atomic E-state index is -0.150. The number of fused-ring (bicyclic) bond motifs is 1. The summed E-state index contributed by atoms with van der Waals surface area (Å²) >= 11 is 3.45. The zero-order valence-corrected chi connectivity index (χ0v) is 21.1. The van der Waals surface area contributed by atoms with Crippen molar-refractivity contribution in [2.75, 3.05) is 43.9 Å². The van der Waals surface area contributed by atoms with Crippen molar-refractivity contribution in [1.82, 2.24) is 24.3 Å². The van der Waals surface area contributed by atoms with Gasteiger partial charge in [-0.15, -0.1) is 0 Å². The van der Waals surface area contributed by atoms with Gasteiger partial charge in [-0.05, 0) is 49.5 Å². The van der Waals surface area contributed by atoms with E-state index in [0.29, 0.717) is 30.4 Å². The molecule has 1 aliphatic heterocycles. The molecule has 2 aromatic heterocycles. The number of nitrogens with zero attached hydrogens (tertiary/aromatic N) is 5. The Labute approximate surface area is 211 Å². The third-order valence-corrected chi connectivity index (χ3v) is 6.47. The van der Waals surface area contributed by atoms with Crippen molar-refractivity contribution in [3.63, 3.8) is 0 Å². The molecule has 0 bridgehead atoms. The number of rotatable bonds is 5. The van der Waals surface area contributed by atoms with Crippen LogP contribution in [0.3, 0.4) is 0 Å². The average Bonchev–Trinajstić information content (AvgIpc) is 3.15. The third-order valence-electron chi connectivity index (χ3n) is 5.95. The summed E-state index contributed by atoms with van der Waals surface area (Å²) in [4.78, 5) is 25.6. The van der Waals surface area contributed by atoms with Gasteiger partial charge < -0.3 is 24.4 Å². The molecule has 5 rings (SSSR count). The lowest BCUT2D eigenvalue weighted by atomic mass is 10.3. The Bertz CT molecular complexity index is 1350. The average molecular weight is 536 g/mol. The van der Waals surface area contributed by atoms with Crippen LogP contribution in [-0.4, -0.2) is 63.6 Å². The van der Waals surface area contributed by atoms with E-state index in [1.165, 1.54) is 0 Å². The van der Waals surface area contributed by atoms with E-state index in [0.717, 1.165) is 40.2 Å². The number of aryl methyl sites for hydroxylation is 1. The smallest absolute Gasteiger partial charge is 0.323 e. The second-order valence-electron chi connectivity index (χ2n) is 8.48. The number of carbonyl (C=O) groups excluding carboxylic acids is 1. The molecule has 35 heavy (non-hydrogen) atoms. The number of imidazole rings is 1. The highest BCUT2D eigenvalue weighted by atomic mass is 79.9. The number of amides is 2. The molecule has 4 aromatic rings. The topological polar surface area (TPSA) is 87.5 Å². The largest absolute Gasteiger partial charge is 0.457 e. The highest BCUT2D eigenvalue weighted by Crippen LogP contribution is 2.29. The van der Waals surface area contributed by atoms with E-state index in [4.69, 9.17) is 9.72 Å². The summed E-state index contributed by atoms with van der Waals surface area (Å²) in [5.41, 5.74) is 2.74. The minimum absolute atomic E-state index is 0.150. The maximum atomic E-state index is 12.6. The van der Waals surface area contributed by atoms with Crippen LogP contribution in [0.1, 0.15) is 0 Å². The van der Waals surface area contributed by atoms with Crippen LogP contribution in [-0.2, 0) is 7.05 Å². The zero-order chi connectivity index (χ0) is 24.4. The van der Waals surface area contributed by atoms with E-state index in [1.54, 1.807) is 23.2 Å². The molecule has 0 spiro atoms. The van der Waals surface area contributed by atoms with E-state index >= 15 is 0 Å². The van der Waals surface area contributed by atoms with Crippen LogP contribution < -0.4 is 15.4 Å². The van der Waals surface area contributed by atoms with Gasteiger partial charge in [0.1, 0.15) is 17.3 Å². The molecule has 2 amide bonds. The van der Waals surface area contributed by atoms with Gasteiger partial charge in [-0.1, -0.05) is 15.9 Å². The van der Waals surface area contributed by atoms with E-state index in [9.17, 15) is 4.79 Å². The number of aromatic nitrogens is 3. The van der Waals surface area contributed by atoms with Crippen molar-refractivity contribution in [2.45, 2.75) is 0 Å². The fraction of sp³-hybridized carbons (Fsp3) is 0.240. The van der Waals surface area contributed by atoms with Gasteiger partial charge in [0.15, 0.2) is 0 Å². The molecule has 0 saturated carbocycles. The van der Waals surface area contributed by atoms with Crippen molar-refractivity contribution in [3.05, 3.63) is 65.3 Å². The lowest BCUT2D eigenvalue weighted by Crippen LogP contribution is -2.48. The van der Waals surface area contributed by atoms with Crippen LogP contribution in [0.5, 0.6) is 11.5 Å². The van der Waals surface area contributed by atoms with Gasteiger partial charge in [-0.2, -0.15) is 0 Å². The first-order valence-electron chi connectivity index (χ1n) is 11.3. The quantitative estimate of drug-likeness (QED) is 0.372. The lowest BCUT2D eigenvalue weighted by molar-refractivity contribution is 0.164. The highest BCUT2D eigenvalue weighted by molar-refractivity contribution is 9.10. The molecule has 0 radical (unpaired) electrons. The Balaban J connectivity index is 1.28. The fourth-order valence-corrected chi connectivity index (χ4v) is 4.16. The third kappa shape index (κ3) is 5.39. The molecule has 0 atom stereocenters. The van der Waals surface area contributed by atoms with Gasteiger partial charge in [0.2, 0.25) is 5.95 Å². The summed E-state index contributed by atoms with van der Waals surface area (Å²) in [5.74, 6) is 2.41. The Kier molecular flexibility index (Phi) is 6.56. The van der Waals surface area contributed by atoms with Crippen LogP contribution in [0.15, 0.2) is 65.3 Å².